The molecule has 0 saturated carbocycles. The van der Waals surface area contributed by atoms with Gasteiger partial charge in [-0.25, -0.2) is 13.3 Å². The summed E-state index contributed by atoms with van der Waals surface area (Å²) in [6.07, 6.45) is 0.957. The summed E-state index contributed by atoms with van der Waals surface area (Å²) >= 11 is 0. The van der Waals surface area contributed by atoms with Crippen LogP contribution in [-0.4, -0.2) is 56.9 Å². The molecule has 0 radical (unpaired) electrons. The molecule has 35 heavy (non-hydrogen) atoms. The van der Waals surface area contributed by atoms with Gasteiger partial charge in [-0.05, 0) is 60.0 Å². The van der Waals surface area contributed by atoms with Gasteiger partial charge in [0.15, 0.2) is 0 Å². The van der Waals surface area contributed by atoms with Crippen LogP contribution < -0.4 is 9.64 Å². The van der Waals surface area contributed by atoms with Crippen molar-refractivity contribution in [2.75, 3.05) is 25.2 Å². The van der Waals surface area contributed by atoms with Gasteiger partial charge in [-0.1, -0.05) is 30.3 Å². The van der Waals surface area contributed by atoms with Gasteiger partial charge in [-0.3, -0.25) is 9.59 Å². The van der Waals surface area contributed by atoms with Crippen LogP contribution in [0.3, 0.4) is 0 Å². The molecule has 2 atom stereocenters. The molecular formula is C26H26N2O6S. The SMILES string of the molecule is COc1ccc(N2C(=O)CC(N(CC3CCCO3)S(=O)(=O)c3ccc4ccccc4c3)C2=O)cc1. The smallest absolute Gasteiger partial charge is 0.252 e. The fourth-order valence-corrected chi connectivity index (χ4v) is 6.34. The van der Waals surface area contributed by atoms with E-state index in [1.807, 2.05) is 24.3 Å². The molecular weight excluding hydrogens is 468 g/mol. The van der Waals surface area contributed by atoms with Gasteiger partial charge in [0.2, 0.25) is 15.9 Å². The second kappa shape index (κ2) is 9.41. The van der Waals surface area contributed by atoms with Crippen LogP contribution in [0.15, 0.2) is 71.6 Å². The lowest BCUT2D eigenvalue weighted by Gasteiger charge is -2.29. The van der Waals surface area contributed by atoms with E-state index >= 15 is 0 Å². The number of carbonyl (C=O) groups excluding carboxylic acids is 2. The number of benzene rings is 3. The van der Waals surface area contributed by atoms with Crippen molar-refractivity contribution in [2.45, 2.75) is 36.3 Å². The first-order valence-corrected chi connectivity index (χ1v) is 13.0. The van der Waals surface area contributed by atoms with E-state index in [0.717, 1.165) is 26.4 Å². The lowest BCUT2D eigenvalue weighted by Crippen LogP contribution is -2.48. The standard InChI is InChI=1S/C26H26N2O6S/c1-33-21-11-9-20(10-12-21)28-25(29)16-24(26(28)30)27(17-22-7-4-14-34-22)35(31,32)23-13-8-18-5-2-3-6-19(18)15-23/h2-3,5-6,8-13,15,22,24H,4,7,14,16-17H2,1H3. The van der Waals surface area contributed by atoms with Crippen LogP contribution in [0.4, 0.5) is 5.69 Å². The van der Waals surface area contributed by atoms with Crippen LogP contribution in [-0.2, 0) is 24.3 Å². The maximum Gasteiger partial charge on any atom is 0.252 e. The zero-order valence-corrected chi connectivity index (χ0v) is 20.1. The number of amides is 2. The summed E-state index contributed by atoms with van der Waals surface area (Å²) in [4.78, 5) is 27.6. The van der Waals surface area contributed by atoms with Crippen molar-refractivity contribution in [1.29, 1.82) is 0 Å². The van der Waals surface area contributed by atoms with E-state index in [9.17, 15) is 18.0 Å². The Labute approximate surface area is 204 Å². The van der Waals surface area contributed by atoms with Crippen molar-refractivity contribution in [1.82, 2.24) is 4.31 Å². The summed E-state index contributed by atoms with van der Waals surface area (Å²) < 4.78 is 39.8. The number of imide groups is 1. The molecule has 0 aliphatic carbocycles. The van der Waals surface area contributed by atoms with E-state index in [4.69, 9.17) is 9.47 Å². The molecule has 182 valence electrons. The highest BCUT2D eigenvalue weighted by atomic mass is 32.2. The van der Waals surface area contributed by atoms with E-state index in [-0.39, 0.29) is 24.0 Å². The lowest BCUT2D eigenvalue weighted by molar-refractivity contribution is -0.122. The Morgan fingerprint density at radius 3 is 2.46 bits per heavy atom. The Hall–Kier alpha value is -3.27. The van der Waals surface area contributed by atoms with Gasteiger partial charge in [0.25, 0.3) is 5.91 Å². The minimum atomic E-state index is -4.10. The zero-order chi connectivity index (χ0) is 24.6. The molecule has 2 heterocycles. The highest BCUT2D eigenvalue weighted by molar-refractivity contribution is 7.89. The van der Waals surface area contributed by atoms with Gasteiger partial charge in [0.1, 0.15) is 11.8 Å². The third kappa shape index (κ3) is 4.42. The van der Waals surface area contributed by atoms with Crippen LogP contribution in [0.5, 0.6) is 5.75 Å². The van der Waals surface area contributed by atoms with Gasteiger partial charge in [-0.15, -0.1) is 0 Å². The predicted octanol–water partition coefficient (Wildman–Crippen LogP) is 3.35. The molecule has 0 bridgehead atoms. The molecule has 8 nitrogen and oxygen atoms in total. The summed E-state index contributed by atoms with van der Waals surface area (Å²) in [5, 5.41) is 1.69. The molecule has 3 aromatic rings. The normalized spacial score (nSPS) is 20.8. The fraction of sp³-hybridized carbons (Fsp3) is 0.308. The Kier molecular flexibility index (Phi) is 6.31. The number of hydrogen-bond acceptors (Lipinski definition) is 6. The maximum absolute atomic E-state index is 13.9. The molecule has 0 spiro atoms. The number of anilines is 1. The lowest BCUT2D eigenvalue weighted by atomic mass is 10.1. The largest absolute Gasteiger partial charge is 0.497 e. The van der Waals surface area contributed by atoms with Gasteiger partial charge < -0.3 is 9.47 Å². The number of nitrogens with zero attached hydrogens (tertiary/aromatic N) is 2. The van der Waals surface area contributed by atoms with Crippen molar-refractivity contribution < 1.29 is 27.5 Å². The first-order chi connectivity index (χ1) is 16.9. The van der Waals surface area contributed by atoms with Crippen molar-refractivity contribution in [2.24, 2.45) is 0 Å². The molecule has 5 rings (SSSR count). The summed E-state index contributed by atoms with van der Waals surface area (Å²) in [7, 11) is -2.58. The third-order valence-electron chi connectivity index (χ3n) is 6.54. The summed E-state index contributed by atoms with van der Waals surface area (Å²) in [6.45, 7) is 0.555. The van der Waals surface area contributed by atoms with Crippen molar-refractivity contribution in [3.05, 3.63) is 66.7 Å². The van der Waals surface area contributed by atoms with Gasteiger partial charge in [0.05, 0.1) is 30.2 Å². The van der Waals surface area contributed by atoms with E-state index in [1.54, 1.807) is 42.5 Å². The predicted molar refractivity (Wildman–Crippen MR) is 131 cm³/mol. The second-order valence-electron chi connectivity index (χ2n) is 8.70. The molecule has 2 aliphatic heterocycles. The average molecular weight is 495 g/mol. The molecule has 0 N–H and O–H groups in total. The monoisotopic (exact) mass is 494 g/mol. The highest BCUT2D eigenvalue weighted by Gasteiger charge is 2.47. The van der Waals surface area contributed by atoms with Crippen LogP contribution in [0.2, 0.25) is 0 Å². The zero-order valence-electron chi connectivity index (χ0n) is 19.3. The number of sulfonamides is 1. The van der Waals surface area contributed by atoms with Crippen LogP contribution >= 0.6 is 0 Å². The Balaban J connectivity index is 1.51. The summed E-state index contributed by atoms with van der Waals surface area (Å²) in [5.41, 5.74) is 0.378. The first-order valence-electron chi connectivity index (χ1n) is 11.5. The van der Waals surface area contributed by atoms with E-state index in [0.29, 0.717) is 24.5 Å². The minimum Gasteiger partial charge on any atom is -0.497 e. The number of hydrogen-bond donors (Lipinski definition) is 0. The molecule has 2 unspecified atom stereocenters. The Morgan fingerprint density at radius 1 is 1.03 bits per heavy atom. The van der Waals surface area contributed by atoms with Gasteiger partial charge in [0, 0.05) is 13.2 Å². The first kappa shape index (κ1) is 23.5. The van der Waals surface area contributed by atoms with E-state index in [2.05, 4.69) is 0 Å². The molecule has 2 saturated heterocycles. The Morgan fingerprint density at radius 2 is 1.77 bits per heavy atom. The van der Waals surface area contributed by atoms with Crippen molar-refractivity contribution >= 4 is 38.3 Å². The highest BCUT2D eigenvalue weighted by Crippen LogP contribution is 2.32. The second-order valence-corrected chi connectivity index (χ2v) is 10.6. The minimum absolute atomic E-state index is 0.00923. The quantitative estimate of drug-likeness (QED) is 0.468. The Bertz CT molecular complexity index is 1370. The molecule has 2 aliphatic rings. The maximum atomic E-state index is 13.9. The van der Waals surface area contributed by atoms with Crippen molar-refractivity contribution in [3.63, 3.8) is 0 Å². The number of rotatable bonds is 7. The summed E-state index contributed by atoms with van der Waals surface area (Å²) in [6, 6.07) is 17.7. The van der Waals surface area contributed by atoms with Gasteiger partial charge >= 0.3 is 0 Å². The van der Waals surface area contributed by atoms with E-state index in [1.165, 1.54) is 7.11 Å². The number of carbonyl (C=O) groups is 2. The van der Waals surface area contributed by atoms with Crippen LogP contribution in [0, 0.1) is 0 Å². The topological polar surface area (TPSA) is 93.2 Å². The number of methoxy groups -OCH3 is 1. The van der Waals surface area contributed by atoms with Crippen molar-refractivity contribution in [3.8, 4) is 5.75 Å². The van der Waals surface area contributed by atoms with E-state index < -0.39 is 27.9 Å². The molecule has 9 heteroatoms. The fourth-order valence-electron chi connectivity index (χ4n) is 4.69. The molecule has 0 aromatic heterocycles. The molecule has 3 aromatic carbocycles. The average Bonchev–Trinajstić information content (AvgIpc) is 3.49. The molecule has 2 amide bonds. The van der Waals surface area contributed by atoms with Crippen LogP contribution in [0.1, 0.15) is 19.3 Å². The van der Waals surface area contributed by atoms with Gasteiger partial charge in [-0.2, -0.15) is 4.31 Å². The number of ether oxygens (including phenoxy) is 2. The summed E-state index contributed by atoms with van der Waals surface area (Å²) in [5.74, 6) is -0.429. The third-order valence-corrected chi connectivity index (χ3v) is 8.41. The van der Waals surface area contributed by atoms with Crippen LogP contribution in [0.25, 0.3) is 10.8 Å². The molecule has 2 fully saturated rings. The number of fused-ring (bicyclic) bond motifs is 1.